The van der Waals surface area contributed by atoms with Crippen molar-refractivity contribution in [3.63, 3.8) is 0 Å². The summed E-state index contributed by atoms with van der Waals surface area (Å²) in [7, 11) is 0. The Kier molecular flexibility index (Phi) is 4.30. The first kappa shape index (κ1) is 17.1. The fourth-order valence-corrected chi connectivity index (χ4v) is 4.02. The van der Waals surface area contributed by atoms with Crippen molar-refractivity contribution in [3.8, 4) is 0 Å². The number of hydrogen-bond acceptors (Lipinski definition) is 2. The van der Waals surface area contributed by atoms with Crippen LogP contribution in [0.5, 0.6) is 0 Å². The molecule has 1 aromatic heterocycles. The molecule has 1 heterocycles. The predicted molar refractivity (Wildman–Crippen MR) is 103 cm³/mol. The number of nitrogens with zero attached hydrogens (tertiary/aromatic N) is 3. The lowest BCUT2D eigenvalue weighted by Crippen LogP contribution is -2.25. The molecule has 4 rings (SSSR count). The maximum atomic E-state index is 13.2. The molecule has 5 nitrogen and oxygen atoms in total. The van der Waals surface area contributed by atoms with Gasteiger partial charge in [-0.3, -0.25) is 14.2 Å². The maximum Gasteiger partial charge on any atom is 0.323 e. The third kappa shape index (κ3) is 2.92. The van der Waals surface area contributed by atoms with Gasteiger partial charge in [-0.2, -0.15) is 4.79 Å². The summed E-state index contributed by atoms with van der Waals surface area (Å²) in [6, 6.07) is 15.3. The average molecular weight is 357 g/mol. The highest BCUT2D eigenvalue weighted by Crippen LogP contribution is 2.35. The molecule has 0 N–H and O–H groups in total. The number of Topliss-reactive ketones (excluding diaryl/α,β-unsaturated/α-hetero) is 1. The van der Waals surface area contributed by atoms with E-state index in [4.69, 9.17) is 5.53 Å². The highest BCUT2D eigenvalue weighted by Gasteiger charge is 2.31. The fourth-order valence-electron chi connectivity index (χ4n) is 4.02. The van der Waals surface area contributed by atoms with Gasteiger partial charge in [0.05, 0.1) is 5.52 Å². The minimum absolute atomic E-state index is 0.0487. The van der Waals surface area contributed by atoms with Gasteiger partial charge in [-0.05, 0) is 56.0 Å². The Morgan fingerprint density at radius 3 is 2.70 bits per heavy atom. The van der Waals surface area contributed by atoms with Crippen molar-refractivity contribution in [3.05, 3.63) is 76.4 Å². The van der Waals surface area contributed by atoms with Crippen LogP contribution in [0, 0.1) is 12.8 Å². The normalized spacial score (nSPS) is 15.8. The summed E-state index contributed by atoms with van der Waals surface area (Å²) in [6.07, 6.45) is 2.80. The third-order valence-electron chi connectivity index (χ3n) is 5.33. The van der Waals surface area contributed by atoms with Crippen LogP contribution in [0.15, 0.2) is 48.5 Å². The fraction of sp³-hybridized carbons (Fsp3) is 0.227. The summed E-state index contributed by atoms with van der Waals surface area (Å²) in [6.45, 7) is 2.02. The number of fused-ring (bicyclic) bond motifs is 3. The first-order chi connectivity index (χ1) is 13.1. The molecular formula is C22H19N3O2. The molecule has 0 fully saturated rings. The Labute approximate surface area is 156 Å². The maximum absolute atomic E-state index is 13.2. The third-order valence-corrected chi connectivity index (χ3v) is 5.33. The van der Waals surface area contributed by atoms with Crippen LogP contribution in [-0.4, -0.2) is 27.3 Å². The standard InChI is InChI=1S/C22H19N3O2/c1-14-7-9-19-17(11-14)18-12-16(21(26)13-24-23)8-10-20(18)25(19)22(27)15-5-3-2-4-6-15/h2-7,9,11,13,16H,8,10,12H2,1H3. The van der Waals surface area contributed by atoms with E-state index in [2.05, 4.69) is 10.9 Å². The van der Waals surface area contributed by atoms with Gasteiger partial charge in [0.25, 0.3) is 5.91 Å². The van der Waals surface area contributed by atoms with E-state index in [-0.39, 0.29) is 17.6 Å². The highest BCUT2D eigenvalue weighted by atomic mass is 16.2. The molecular weight excluding hydrogens is 338 g/mol. The van der Waals surface area contributed by atoms with Crippen molar-refractivity contribution in [1.82, 2.24) is 4.57 Å². The smallest absolute Gasteiger partial charge is 0.323 e. The minimum atomic E-state index is -0.222. The van der Waals surface area contributed by atoms with Crippen molar-refractivity contribution < 1.29 is 14.4 Å². The van der Waals surface area contributed by atoms with Crippen molar-refractivity contribution >= 4 is 28.8 Å². The van der Waals surface area contributed by atoms with E-state index in [1.807, 2.05) is 49.4 Å². The highest BCUT2D eigenvalue weighted by molar-refractivity contribution is 6.26. The number of hydrogen-bond donors (Lipinski definition) is 0. The largest absolute Gasteiger partial charge is 0.361 e. The molecule has 0 aliphatic heterocycles. The zero-order valence-corrected chi connectivity index (χ0v) is 15.1. The lowest BCUT2D eigenvalue weighted by atomic mass is 9.84. The second-order valence-electron chi connectivity index (χ2n) is 7.04. The topological polar surface area (TPSA) is 75.5 Å². The Bertz CT molecular complexity index is 1110. The van der Waals surface area contributed by atoms with Gasteiger partial charge in [0, 0.05) is 22.6 Å². The number of aromatic nitrogens is 1. The van der Waals surface area contributed by atoms with Crippen LogP contribution in [0.1, 0.15) is 33.6 Å². The molecule has 1 aliphatic carbocycles. The van der Waals surface area contributed by atoms with Gasteiger partial charge in [-0.25, -0.2) is 0 Å². The number of carbonyl (C=O) groups excluding carboxylic acids is 2. The van der Waals surface area contributed by atoms with E-state index in [9.17, 15) is 9.59 Å². The average Bonchev–Trinajstić information content (AvgIpc) is 3.01. The number of benzene rings is 2. The van der Waals surface area contributed by atoms with E-state index in [1.54, 1.807) is 4.57 Å². The van der Waals surface area contributed by atoms with Gasteiger partial charge >= 0.3 is 6.21 Å². The molecule has 2 aromatic carbocycles. The Hall–Kier alpha value is -3.30. The molecule has 134 valence electrons. The molecule has 0 amide bonds. The number of aryl methyl sites for hydroxylation is 1. The molecule has 5 heteroatoms. The summed E-state index contributed by atoms with van der Waals surface area (Å²) >= 11 is 0. The van der Waals surface area contributed by atoms with Crippen LogP contribution in [-0.2, 0) is 17.6 Å². The number of carbonyl (C=O) groups is 2. The predicted octanol–water partition coefficient (Wildman–Crippen LogP) is 3.61. The van der Waals surface area contributed by atoms with Crippen LogP contribution >= 0.6 is 0 Å². The van der Waals surface area contributed by atoms with Gasteiger partial charge in [-0.15, -0.1) is 0 Å². The number of ketones is 1. The second-order valence-corrected chi connectivity index (χ2v) is 7.04. The molecule has 1 aliphatic rings. The zero-order chi connectivity index (χ0) is 19.0. The van der Waals surface area contributed by atoms with E-state index < -0.39 is 0 Å². The molecule has 3 aromatic rings. The summed E-state index contributed by atoms with van der Waals surface area (Å²) < 4.78 is 1.81. The van der Waals surface area contributed by atoms with E-state index in [0.717, 1.165) is 33.9 Å². The van der Waals surface area contributed by atoms with Gasteiger partial charge in [-0.1, -0.05) is 29.8 Å². The molecule has 0 saturated heterocycles. The molecule has 0 saturated carbocycles. The quantitative estimate of drug-likeness (QED) is 0.408. The van der Waals surface area contributed by atoms with Crippen LogP contribution in [0.2, 0.25) is 0 Å². The van der Waals surface area contributed by atoms with Crippen molar-refractivity contribution in [2.24, 2.45) is 5.92 Å². The Balaban J connectivity index is 1.88. The van der Waals surface area contributed by atoms with Gasteiger partial charge in [0.2, 0.25) is 5.78 Å². The van der Waals surface area contributed by atoms with Gasteiger partial charge in [0.15, 0.2) is 0 Å². The SMILES string of the molecule is Cc1ccc2c(c1)c1c(n2C(=O)c2ccccc2)CCC(C(=O)C=[N+]=[N-])C1. The molecule has 1 atom stereocenters. The molecule has 0 radical (unpaired) electrons. The summed E-state index contributed by atoms with van der Waals surface area (Å²) in [5.74, 6) is -0.446. The van der Waals surface area contributed by atoms with Gasteiger partial charge in [0.1, 0.15) is 0 Å². The minimum Gasteiger partial charge on any atom is -0.361 e. The molecule has 27 heavy (non-hydrogen) atoms. The monoisotopic (exact) mass is 357 g/mol. The lowest BCUT2D eigenvalue weighted by Gasteiger charge is -2.20. The summed E-state index contributed by atoms with van der Waals surface area (Å²) in [5, 5.41) is 1.02. The second kappa shape index (κ2) is 6.78. The van der Waals surface area contributed by atoms with Crippen molar-refractivity contribution in [1.29, 1.82) is 0 Å². The Morgan fingerprint density at radius 1 is 1.19 bits per heavy atom. The van der Waals surface area contributed by atoms with Crippen LogP contribution in [0.25, 0.3) is 16.4 Å². The van der Waals surface area contributed by atoms with Crippen LogP contribution in [0.3, 0.4) is 0 Å². The van der Waals surface area contributed by atoms with E-state index in [0.29, 0.717) is 24.8 Å². The molecule has 0 bridgehead atoms. The first-order valence-corrected chi connectivity index (χ1v) is 9.04. The summed E-state index contributed by atoms with van der Waals surface area (Å²) in [5.41, 5.74) is 13.3. The van der Waals surface area contributed by atoms with E-state index >= 15 is 0 Å². The zero-order valence-electron chi connectivity index (χ0n) is 15.1. The van der Waals surface area contributed by atoms with Gasteiger partial charge < -0.3 is 5.53 Å². The van der Waals surface area contributed by atoms with Crippen LogP contribution in [0.4, 0.5) is 0 Å². The first-order valence-electron chi connectivity index (χ1n) is 9.04. The molecule has 0 spiro atoms. The Morgan fingerprint density at radius 2 is 1.96 bits per heavy atom. The summed E-state index contributed by atoms with van der Waals surface area (Å²) in [4.78, 5) is 28.3. The van der Waals surface area contributed by atoms with E-state index in [1.165, 1.54) is 0 Å². The number of rotatable bonds is 3. The molecule has 1 unspecified atom stereocenters. The van der Waals surface area contributed by atoms with Crippen molar-refractivity contribution in [2.45, 2.75) is 26.2 Å². The van der Waals surface area contributed by atoms with Crippen molar-refractivity contribution in [2.75, 3.05) is 0 Å². The lowest BCUT2D eigenvalue weighted by molar-refractivity contribution is -0.119. The van der Waals surface area contributed by atoms with Crippen LogP contribution < -0.4 is 0 Å².